The van der Waals surface area contributed by atoms with Crippen LogP contribution in [0.5, 0.6) is 5.75 Å². The van der Waals surface area contributed by atoms with E-state index < -0.39 is 6.67 Å². The Balaban J connectivity index is 1.31. The predicted molar refractivity (Wildman–Crippen MR) is 110 cm³/mol. The van der Waals surface area contributed by atoms with Crippen LogP contribution in [0.2, 0.25) is 0 Å². The third-order valence-electron chi connectivity index (χ3n) is 6.28. The van der Waals surface area contributed by atoms with Crippen LogP contribution in [0.3, 0.4) is 0 Å². The number of allylic oxidation sites excluding steroid dienone is 1. The molecule has 4 rings (SSSR count). The molecule has 29 heavy (non-hydrogen) atoms. The Morgan fingerprint density at radius 2 is 1.72 bits per heavy atom. The van der Waals surface area contributed by atoms with Crippen LogP contribution in [0.1, 0.15) is 56.9 Å². The summed E-state index contributed by atoms with van der Waals surface area (Å²) >= 11 is 0. The van der Waals surface area contributed by atoms with Crippen LogP contribution in [0.15, 0.2) is 30.5 Å². The van der Waals surface area contributed by atoms with Crippen molar-refractivity contribution in [1.82, 2.24) is 9.96 Å². The Bertz CT molecular complexity index is 707. The number of likely N-dealkylation sites (tertiary alicyclic amines) is 1. The number of carbonyl (C=O) groups excluding carboxylic acids is 1. The first-order chi connectivity index (χ1) is 14.2. The van der Waals surface area contributed by atoms with Gasteiger partial charge in [-0.2, -0.15) is 5.06 Å². The van der Waals surface area contributed by atoms with Gasteiger partial charge in [-0.25, -0.2) is 4.39 Å². The third-order valence-corrected chi connectivity index (χ3v) is 6.28. The van der Waals surface area contributed by atoms with Gasteiger partial charge in [0.05, 0.1) is 0 Å². The molecular weight excluding hydrogens is 371 g/mol. The number of carbonyl (C=O) groups is 1. The number of hydrogen-bond donors (Lipinski definition) is 0. The molecule has 1 amide bonds. The second-order valence-electron chi connectivity index (χ2n) is 8.21. The zero-order valence-corrected chi connectivity index (χ0v) is 17.0. The van der Waals surface area contributed by atoms with Crippen molar-refractivity contribution < 1.29 is 18.8 Å². The molecule has 0 N–H and O–H groups in total. The van der Waals surface area contributed by atoms with E-state index in [-0.39, 0.29) is 18.6 Å². The van der Waals surface area contributed by atoms with E-state index in [1.807, 2.05) is 24.3 Å². The molecule has 0 atom stereocenters. The quantitative estimate of drug-likeness (QED) is 0.681. The molecule has 0 radical (unpaired) electrons. The number of hydrogen-bond acceptors (Lipinski definition) is 4. The van der Waals surface area contributed by atoms with Gasteiger partial charge in [-0.3, -0.25) is 9.63 Å². The highest BCUT2D eigenvalue weighted by Gasteiger charge is 2.28. The van der Waals surface area contributed by atoms with Crippen molar-refractivity contribution in [2.75, 3.05) is 26.4 Å². The fourth-order valence-electron chi connectivity index (χ4n) is 4.66. The average Bonchev–Trinajstić information content (AvgIpc) is 3.29. The number of rotatable bonds is 7. The van der Waals surface area contributed by atoms with Gasteiger partial charge in [0.15, 0.2) is 0 Å². The standard InChI is InChI=1S/C23H31FN2O3/c24-13-16-28-26-17-19(7-10-23(26)27)18-5-8-21(9-6-18)29-22-11-14-25(15-12-22)20-3-1-2-4-20/h5-6,8-9,17,20,22H,1-4,7,10-16H2. The van der Waals surface area contributed by atoms with Gasteiger partial charge < -0.3 is 9.64 Å². The maximum absolute atomic E-state index is 12.3. The summed E-state index contributed by atoms with van der Waals surface area (Å²) in [5.74, 6) is 0.761. The van der Waals surface area contributed by atoms with Gasteiger partial charge in [-0.05, 0) is 55.4 Å². The summed E-state index contributed by atoms with van der Waals surface area (Å²) in [7, 11) is 0. The molecule has 158 valence electrons. The highest BCUT2D eigenvalue weighted by atomic mass is 19.1. The van der Waals surface area contributed by atoms with Crippen LogP contribution >= 0.6 is 0 Å². The number of hydroxylamine groups is 2. The average molecular weight is 403 g/mol. The zero-order valence-electron chi connectivity index (χ0n) is 17.0. The summed E-state index contributed by atoms with van der Waals surface area (Å²) in [6.45, 7) is 1.56. The van der Waals surface area contributed by atoms with Crippen LogP contribution in [-0.4, -0.2) is 54.4 Å². The topological polar surface area (TPSA) is 42.0 Å². The molecule has 2 fully saturated rings. The van der Waals surface area contributed by atoms with Gasteiger partial charge in [-0.1, -0.05) is 25.0 Å². The van der Waals surface area contributed by atoms with E-state index in [0.29, 0.717) is 12.8 Å². The summed E-state index contributed by atoms with van der Waals surface area (Å²) in [4.78, 5) is 19.7. The highest BCUT2D eigenvalue weighted by Crippen LogP contribution is 2.29. The molecule has 1 saturated heterocycles. The van der Waals surface area contributed by atoms with Gasteiger partial charge in [0, 0.05) is 31.8 Å². The van der Waals surface area contributed by atoms with Crippen molar-refractivity contribution in [3.8, 4) is 5.75 Å². The first kappa shape index (κ1) is 20.4. The van der Waals surface area contributed by atoms with E-state index in [9.17, 15) is 9.18 Å². The molecule has 1 aromatic rings. The van der Waals surface area contributed by atoms with Crippen molar-refractivity contribution >= 4 is 11.5 Å². The van der Waals surface area contributed by atoms with Crippen LogP contribution in [0, 0.1) is 0 Å². The first-order valence-corrected chi connectivity index (χ1v) is 11.0. The lowest BCUT2D eigenvalue weighted by Crippen LogP contribution is -2.43. The van der Waals surface area contributed by atoms with Crippen LogP contribution in [0.25, 0.3) is 5.57 Å². The Kier molecular flexibility index (Phi) is 6.82. The van der Waals surface area contributed by atoms with Crippen LogP contribution < -0.4 is 4.74 Å². The minimum absolute atomic E-state index is 0.109. The number of amides is 1. The maximum Gasteiger partial charge on any atom is 0.250 e. The summed E-state index contributed by atoms with van der Waals surface area (Å²) < 4.78 is 18.6. The van der Waals surface area contributed by atoms with Gasteiger partial charge in [0.25, 0.3) is 5.91 Å². The number of alkyl halides is 1. The zero-order chi connectivity index (χ0) is 20.1. The molecule has 5 nitrogen and oxygen atoms in total. The molecule has 1 aromatic carbocycles. The normalized spacial score (nSPS) is 22.2. The summed E-state index contributed by atoms with van der Waals surface area (Å²) in [6.07, 6.45) is 10.7. The summed E-state index contributed by atoms with van der Waals surface area (Å²) in [5, 5.41) is 1.17. The Morgan fingerprint density at radius 3 is 2.41 bits per heavy atom. The van der Waals surface area contributed by atoms with Gasteiger partial charge in [0.1, 0.15) is 25.1 Å². The molecule has 0 unspecified atom stereocenters. The highest BCUT2D eigenvalue weighted by molar-refractivity contribution is 5.83. The number of halogens is 1. The molecule has 1 saturated carbocycles. The Labute approximate surface area is 172 Å². The lowest BCUT2D eigenvalue weighted by molar-refractivity contribution is -0.172. The SMILES string of the molecule is O=C1CCC(c2ccc(OC3CCN(C4CCCC4)CC3)cc2)=CN1OCCF. The lowest BCUT2D eigenvalue weighted by atomic mass is 9.99. The van der Waals surface area contributed by atoms with Gasteiger partial charge in [-0.15, -0.1) is 0 Å². The minimum atomic E-state index is -0.613. The molecule has 0 bridgehead atoms. The largest absolute Gasteiger partial charge is 0.490 e. The van der Waals surface area contributed by atoms with Crippen LogP contribution in [0.4, 0.5) is 4.39 Å². The fraction of sp³-hybridized carbons (Fsp3) is 0.609. The fourth-order valence-corrected chi connectivity index (χ4v) is 4.66. The van der Waals surface area contributed by atoms with E-state index in [2.05, 4.69) is 4.90 Å². The smallest absolute Gasteiger partial charge is 0.250 e. The summed E-state index contributed by atoms with van der Waals surface area (Å²) in [5.41, 5.74) is 2.05. The molecule has 0 aromatic heterocycles. The number of ether oxygens (including phenoxy) is 1. The number of nitrogens with zero attached hydrogens (tertiary/aromatic N) is 2. The predicted octanol–water partition coefficient (Wildman–Crippen LogP) is 4.34. The Morgan fingerprint density at radius 1 is 1.00 bits per heavy atom. The lowest BCUT2D eigenvalue weighted by Gasteiger charge is -2.36. The second-order valence-corrected chi connectivity index (χ2v) is 8.21. The van der Waals surface area contributed by atoms with E-state index in [0.717, 1.165) is 48.9 Å². The van der Waals surface area contributed by atoms with Crippen molar-refractivity contribution in [2.45, 2.75) is 63.5 Å². The number of piperidine rings is 1. The monoisotopic (exact) mass is 402 g/mol. The third kappa shape index (κ3) is 5.17. The second kappa shape index (κ2) is 9.72. The maximum atomic E-state index is 12.3. The molecular formula is C23H31FN2O3. The minimum Gasteiger partial charge on any atom is -0.490 e. The molecule has 2 heterocycles. The van der Waals surface area contributed by atoms with E-state index in [1.165, 1.54) is 30.7 Å². The molecule has 1 aliphatic carbocycles. The van der Waals surface area contributed by atoms with E-state index in [1.54, 1.807) is 6.20 Å². The van der Waals surface area contributed by atoms with E-state index in [4.69, 9.17) is 9.57 Å². The van der Waals surface area contributed by atoms with Crippen molar-refractivity contribution in [1.29, 1.82) is 0 Å². The van der Waals surface area contributed by atoms with Crippen molar-refractivity contribution in [2.24, 2.45) is 0 Å². The molecule has 3 aliphatic rings. The molecule has 6 heteroatoms. The first-order valence-electron chi connectivity index (χ1n) is 11.0. The van der Waals surface area contributed by atoms with E-state index >= 15 is 0 Å². The van der Waals surface area contributed by atoms with Gasteiger partial charge in [0.2, 0.25) is 0 Å². The van der Waals surface area contributed by atoms with Crippen LogP contribution in [-0.2, 0) is 9.63 Å². The molecule has 2 aliphatic heterocycles. The molecule has 0 spiro atoms. The van der Waals surface area contributed by atoms with Gasteiger partial charge >= 0.3 is 0 Å². The summed E-state index contributed by atoms with van der Waals surface area (Å²) in [6, 6.07) is 8.86. The van der Waals surface area contributed by atoms with Crippen molar-refractivity contribution in [3.05, 3.63) is 36.0 Å². The Hall–Kier alpha value is -1.92. The number of benzene rings is 1. The van der Waals surface area contributed by atoms with Crippen molar-refractivity contribution in [3.63, 3.8) is 0 Å².